The molecule has 0 saturated heterocycles. The average Bonchev–Trinajstić information content (AvgIpc) is 2.89. The van der Waals surface area contributed by atoms with Crippen molar-refractivity contribution in [1.29, 1.82) is 0 Å². The Labute approximate surface area is 120 Å². The van der Waals surface area contributed by atoms with Crippen molar-refractivity contribution in [1.82, 2.24) is 4.57 Å². The first-order chi connectivity index (χ1) is 9.88. The van der Waals surface area contributed by atoms with Crippen molar-refractivity contribution in [2.24, 2.45) is 0 Å². The van der Waals surface area contributed by atoms with Crippen LogP contribution >= 0.6 is 0 Å². The van der Waals surface area contributed by atoms with Crippen LogP contribution in [0.4, 0.5) is 13.2 Å². The molecule has 0 saturated carbocycles. The number of nitrogens with zero attached hydrogens (tertiary/aromatic N) is 1. The summed E-state index contributed by atoms with van der Waals surface area (Å²) in [5.41, 5.74) is 1.92. The van der Waals surface area contributed by atoms with E-state index in [2.05, 4.69) is 6.58 Å². The molecule has 0 amide bonds. The number of benzene rings is 1. The lowest BCUT2D eigenvalue weighted by Gasteiger charge is -2.10. The lowest BCUT2D eigenvalue weighted by atomic mass is 10.1. The topological polar surface area (TPSA) is 22.0 Å². The van der Waals surface area contributed by atoms with E-state index in [1.165, 1.54) is 18.3 Å². The molecule has 1 heterocycles. The molecule has 5 heteroatoms. The summed E-state index contributed by atoms with van der Waals surface area (Å²) in [6.45, 7) is 5.51. The zero-order chi connectivity index (χ0) is 15.6. The number of Topliss-reactive ketones (excluding diaryl/α,β-unsaturated/α-hetero) is 1. The molecule has 0 unspecified atom stereocenters. The van der Waals surface area contributed by atoms with Gasteiger partial charge in [0.1, 0.15) is 0 Å². The third-order valence-electron chi connectivity index (χ3n) is 3.25. The number of aryl methyl sites for hydroxylation is 1. The molecule has 110 valence electrons. The van der Waals surface area contributed by atoms with Crippen LogP contribution in [0.25, 0.3) is 17.5 Å². The molecule has 0 aliphatic rings. The highest BCUT2D eigenvalue weighted by molar-refractivity contribution is 6.00. The van der Waals surface area contributed by atoms with Crippen molar-refractivity contribution in [3.8, 4) is 11.3 Å². The number of rotatable bonds is 4. The summed E-state index contributed by atoms with van der Waals surface area (Å²) in [5.74, 6) is -1.88. The number of carbonyl (C=O) groups is 1. The highest BCUT2D eigenvalue weighted by Crippen LogP contribution is 2.28. The molecule has 21 heavy (non-hydrogen) atoms. The van der Waals surface area contributed by atoms with Gasteiger partial charge in [0.2, 0.25) is 0 Å². The van der Waals surface area contributed by atoms with E-state index in [0.717, 1.165) is 22.1 Å². The molecule has 0 atom stereocenters. The van der Waals surface area contributed by atoms with E-state index in [1.807, 2.05) is 31.2 Å². The van der Waals surface area contributed by atoms with Crippen molar-refractivity contribution >= 4 is 12.0 Å². The minimum absolute atomic E-state index is 0.438. The van der Waals surface area contributed by atoms with Gasteiger partial charge in [-0.05, 0) is 29.7 Å². The second-order valence-corrected chi connectivity index (χ2v) is 4.53. The van der Waals surface area contributed by atoms with Crippen LogP contribution in [-0.2, 0) is 6.42 Å². The van der Waals surface area contributed by atoms with Gasteiger partial charge in [-0.3, -0.25) is 4.79 Å². The van der Waals surface area contributed by atoms with Crippen molar-refractivity contribution in [3.63, 3.8) is 0 Å². The van der Waals surface area contributed by atoms with Crippen LogP contribution in [0.1, 0.15) is 23.0 Å². The molecule has 2 nitrogen and oxygen atoms in total. The Morgan fingerprint density at radius 1 is 1.19 bits per heavy atom. The minimum atomic E-state index is -4.90. The van der Waals surface area contributed by atoms with Crippen LogP contribution in [0.2, 0.25) is 0 Å². The zero-order valence-electron chi connectivity index (χ0n) is 11.4. The van der Waals surface area contributed by atoms with Crippen molar-refractivity contribution in [3.05, 3.63) is 54.2 Å². The summed E-state index contributed by atoms with van der Waals surface area (Å²) < 4.78 is 38.9. The number of carbonyl (C=O) groups excluding carboxylic acids is 1. The van der Waals surface area contributed by atoms with Gasteiger partial charge in [-0.2, -0.15) is 13.2 Å². The van der Waals surface area contributed by atoms with E-state index in [1.54, 1.807) is 0 Å². The quantitative estimate of drug-likeness (QED) is 0.757. The average molecular weight is 293 g/mol. The summed E-state index contributed by atoms with van der Waals surface area (Å²) in [6, 6.07) is 10.1. The second kappa shape index (κ2) is 5.60. The molecule has 1 aromatic heterocycles. The van der Waals surface area contributed by atoms with Crippen LogP contribution < -0.4 is 0 Å². The van der Waals surface area contributed by atoms with Gasteiger partial charge in [0.25, 0.3) is 5.78 Å². The SMILES string of the molecule is C=Cn1c(C(=O)C(F)(F)F)ccc1-c1ccc(CC)cc1. The highest BCUT2D eigenvalue weighted by Gasteiger charge is 2.41. The maximum absolute atomic E-state index is 12.6. The van der Waals surface area contributed by atoms with Gasteiger partial charge in [-0.15, -0.1) is 0 Å². The normalized spacial score (nSPS) is 11.4. The van der Waals surface area contributed by atoms with Crippen molar-refractivity contribution in [2.75, 3.05) is 0 Å². The first-order valence-corrected chi connectivity index (χ1v) is 6.43. The molecular formula is C16H14F3NO. The summed E-state index contributed by atoms with van der Waals surface area (Å²) in [7, 11) is 0. The zero-order valence-corrected chi connectivity index (χ0v) is 11.4. The molecule has 2 rings (SSSR count). The predicted molar refractivity (Wildman–Crippen MR) is 76.0 cm³/mol. The van der Waals surface area contributed by atoms with Gasteiger partial charge in [0, 0.05) is 6.20 Å². The van der Waals surface area contributed by atoms with Crippen molar-refractivity contribution < 1.29 is 18.0 Å². The number of halogens is 3. The number of alkyl halides is 3. The Balaban J connectivity index is 2.48. The molecule has 1 aromatic carbocycles. The molecule has 0 aliphatic heterocycles. The predicted octanol–water partition coefficient (Wildman–Crippen LogP) is 4.56. The Morgan fingerprint density at radius 3 is 2.29 bits per heavy atom. The van der Waals surface area contributed by atoms with Crippen LogP contribution in [0.3, 0.4) is 0 Å². The Hall–Kier alpha value is -2.30. The van der Waals surface area contributed by atoms with E-state index >= 15 is 0 Å². The lowest BCUT2D eigenvalue weighted by Crippen LogP contribution is -2.24. The van der Waals surface area contributed by atoms with Gasteiger partial charge in [0.05, 0.1) is 11.4 Å². The first-order valence-electron chi connectivity index (χ1n) is 6.43. The summed E-state index contributed by atoms with van der Waals surface area (Å²) in [4.78, 5) is 11.4. The van der Waals surface area contributed by atoms with Gasteiger partial charge in [-0.1, -0.05) is 37.8 Å². The molecule has 0 radical (unpaired) electrons. The van der Waals surface area contributed by atoms with E-state index in [-0.39, 0.29) is 0 Å². The largest absolute Gasteiger partial charge is 0.456 e. The second-order valence-electron chi connectivity index (χ2n) is 4.53. The molecule has 0 N–H and O–H groups in total. The highest BCUT2D eigenvalue weighted by atomic mass is 19.4. The Morgan fingerprint density at radius 2 is 1.81 bits per heavy atom. The lowest BCUT2D eigenvalue weighted by molar-refractivity contribution is -0.0889. The van der Waals surface area contributed by atoms with Gasteiger partial charge in [0.15, 0.2) is 0 Å². The monoisotopic (exact) mass is 293 g/mol. The fraction of sp³-hybridized carbons (Fsp3) is 0.188. The first kappa shape index (κ1) is 15.1. The number of ketones is 1. The van der Waals surface area contributed by atoms with Gasteiger partial charge < -0.3 is 4.57 Å². The third-order valence-corrected chi connectivity index (χ3v) is 3.25. The number of hydrogen-bond acceptors (Lipinski definition) is 1. The molecule has 0 aliphatic carbocycles. The van der Waals surface area contributed by atoms with Gasteiger partial charge >= 0.3 is 6.18 Å². The minimum Gasteiger partial charge on any atom is -0.314 e. The Bertz CT molecular complexity index is 666. The van der Waals surface area contributed by atoms with Crippen LogP contribution in [0.5, 0.6) is 0 Å². The third kappa shape index (κ3) is 2.91. The molecule has 0 spiro atoms. The molecule has 0 bridgehead atoms. The van der Waals surface area contributed by atoms with E-state index in [0.29, 0.717) is 5.69 Å². The standard InChI is InChI=1S/C16H14F3NO/c1-3-11-5-7-12(8-6-11)13-9-10-14(20(13)4-2)15(21)16(17,18)19/h4-10H,2-3H2,1H3. The molecular weight excluding hydrogens is 279 g/mol. The molecule has 0 fully saturated rings. The van der Waals surface area contributed by atoms with Crippen LogP contribution in [-0.4, -0.2) is 16.5 Å². The summed E-state index contributed by atoms with van der Waals surface area (Å²) >= 11 is 0. The molecule has 2 aromatic rings. The fourth-order valence-electron chi connectivity index (χ4n) is 2.12. The smallest absolute Gasteiger partial charge is 0.314 e. The number of hydrogen-bond donors (Lipinski definition) is 0. The maximum atomic E-state index is 12.6. The maximum Gasteiger partial charge on any atom is 0.456 e. The number of aromatic nitrogens is 1. The summed E-state index contributed by atoms with van der Waals surface area (Å²) in [6.07, 6.45) is -2.81. The van der Waals surface area contributed by atoms with Crippen LogP contribution in [0.15, 0.2) is 43.0 Å². The fourth-order valence-corrected chi connectivity index (χ4v) is 2.12. The van der Waals surface area contributed by atoms with Crippen molar-refractivity contribution in [2.45, 2.75) is 19.5 Å². The Kier molecular flexibility index (Phi) is 4.02. The van der Waals surface area contributed by atoms with E-state index < -0.39 is 17.7 Å². The summed E-state index contributed by atoms with van der Waals surface area (Å²) in [5, 5.41) is 0. The van der Waals surface area contributed by atoms with E-state index in [4.69, 9.17) is 0 Å². The van der Waals surface area contributed by atoms with Crippen LogP contribution in [0, 0.1) is 0 Å². The van der Waals surface area contributed by atoms with Gasteiger partial charge in [-0.25, -0.2) is 0 Å². The van der Waals surface area contributed by atoms with E-state index in [9.17, 15) is 18.0 Å².